The van der Waals surface area contributed by atoms with Gasteiger partial charge in [0, 0.05) is 6.92 Å². The summed E-state index contributed by atoms with van der Waals surface area (Å²) in [7, 11) is 0. The van der Waals surface area contributed by atoms with Gasteiger partial charge in [-0.3, -0.25) is 4.79 Å². The first-order valence-electron chi connectivity index (χ1n) is 3.03. The van der Waals surface area contributed by atoms with Crippen LogP contribution in [0, 0.1) is 0 Å². The van der Waals surface area contributed by atoms with E-state index in [1.54, 1.807) is 6.92 Å². The first kappa shape index (κ1) is 9.52. The van der Waals surface area contributed by atoms with E-state index in [1.165, 1.54) is 0 Å². The van der Waals surface area contributed by atoms with Gasteiger partial charge in [-0.15, -0.1) is 0 Å². The van der Waals surface area contributed by atoms with Gasteiger partial charge in [-0.2, -0.15) is 4.79 Å². The summed E-state index contributed by atoms with van der Waals surface area (Å²) in [5.41, 5.74) is 7.58. The Labute approximate surface area is 63.6 Å². The van der Waals surface area contributed by atoms with Crippen LogP contribution in [0.4, 0.5) is 0 Å². The SMILES string of the molecule is CCOC(=O)C(=[N+]=[N-])C(C)=O. The monoisotopic (exact) mass is 156 g/mol. The second-order valence-electron chi connectivity index (χ2n) is 1.73. The molecule has 0 N–H and O–H groups in total. The third kappa shape index (κ3) is 2.73. The Balaban J connectivity index is 4.42. The topological polar surface area (TPSA) is 79.8 Å². The minimum atomic E-state index is -0.900. The third-order valence-electron chi connectivity index (χ3n) is 0.902. The van der Waals surface area contributed by atoms with Gasteiger partial charge >= 0.3 is 11.7 Å². The summed E-state index contributed by atoms with van der Waals surface area (Å²) in [6.07, 6.45) is 0. The van der Waals surface area contributed by atoms with Crippen LogP contribution in [-0.2, 0) is 14.3 Å². The fraction of sp³-hybridized carbons (Fsp3) is 0.500. The zero-order chi connectivity index (χ0) is 8.85. The van der Waals surface area contributed by atoms with E-state index in [0.29, 0.717) is 0 Å². The molecule has 5 nitrogen and oxygen atoms in total. The van der Waals surface area contributed by atoms with Crippen molar-refractivity contribution in [3.8, 4) is 0 Å². The van der Waals surface area contributed by atoms with Gasteiger partial charge in [0.25, 0.3) is 0 Å². The summed E-state index contributed by atoms with van der Waals surface area (Å²) in [5.74, 6) is -1.52. The molecule has 0 aliphatic rings. The Morgan fingerprint density at radius 1 is 1.55 bits per heavy atom. The van der Waals surface area contributed by atoms with Gasteiger partial charge in [-0.25, -0.2) is 4.79 Å². The van der Waals surface area contributed by atoms with E-state index >= 15 is 0 Å². The highest BCUT2D eigenvalue weighted by Crippen LogP contribution is 1.82. The van der Waals surface area contributed by atoms with E-state index in [4.69, 9.17) is 5.53 Å². The Morgan fingerprint density at radius 3 is 2.36 bits per heavy atom. The smallest absolute Gasteiger partial charge is 0.441 e. The van der Waals surface area contributed by atoms with Crippen LogP contribution in [0.5, 0.6) is 0 Å². The van der Waals surface area contributed by atoms with Gasteiger partial charge < -0.3 is 10.3 Å². The first-order valence-corrected chi connectivity index (χ1v) is 3.03. The number of nitrogens with zero attached hydrogens (tertiary/aromatic N) is 2. The number of ketones is 1. The van der Waals surface area contributed by atoms with Crippen molar-refractivity contribution in [2.75, 3.05) is 6.61 Å². The van der Waals surface area contributed by atoms with Crippen molar-refractivity contribution < 1.29 is 19.1 Å². The minimum absolute atomic E-state index is 0.144. The molecule has 60 valence electrons. The molecule has 0 spiro atoms. The van der Waals surface area contributed by atoms with Crippen LogP contribution >= 0.6 is 0 Å². The lowest BCUT2D eigenvalue weighted by Gasteiger charge is -1.92. The molecule has 0 aromatic heterocycles. The number of carbonyl (C=O) groups is 2. The van der Waals surface area contributed by atoms with Crippen LogP contribution in [0.15, 0.2) is 0 Å². The van der Waals surface area contributed by atoms with Crippen molar-refractivity contribution in [1.82, 2.24) is 0 Å². The van der Waals surface area contributed by atoms with Crippen LogP contribution in [0.25, 0.3) is 5.53 Å². The van der Waals surface area contributed by atoms with Crippen molar-refractivity contribution in [1.29, 1.82) is 0 Å². The highest BCUT2D eigenvalue weighted by Gasteiger charge is 2.26. The van der Waals surface area contributed by atoms with Gasteiger partial charge in [0.15, 0.2) is 0 Å². The zero-order valence-electron chi connectivity index (χ0n) is 6.33. The van der Waals surface area contributed by atoms with Gasteiger partial charge in [0.2, 0.25) is 5.78 Å². The van der Waals surface area contributed by atoms with Crippen molar-refractivity contribution in [2.24, 2.45) is 0 Å². The van der Waals surface area contributed by atoms with Gasteiger partial charge in [0.05, 0.1) is 6.61 Å². The fourth-order valence-electron chi connectivity index (χ4n) is 0.454. The van der Waals surface area contributed by atoms with Crippen molar-refractivity contribution >= 4 is 17.5 Å². The Kier molecular flexibility index (Phi) is 3.77. The summed E-state index contributed by atoms with van der Waals surface area (Å²) in [6.45, 7) is 2.85. The highest BCUT2D eigenvalue weighted by molar-refractivity contribution is 6.61. The van der Waals surface area contributed by atoms with Crippen LogP contribution in [-0.4, -0.2) is 28.9 Å². The number of rotatable bonds is 3. The molecule has 0 aliphatic heterocycles. The average molecular weight is 156 g/mol. The lowest BCUT2D eigenvalue weighted by atomic mass is 10.3. The molecular formula is C6H8N2O3. The largest absolute Gasteiger partial charge is 0.457 e. The number of hydrogen-bond acceptors (Lipinski definition) is 3. The molecule has 0 bridgehead atoms. The predicted molar refractivity (Wildman–Crippen MR) is 35.9 cm³/mol. The number of esters is 1. The Morgan fingerprint density at radius 2 is 2.09 bits per heavy atom. The quantitative estimate of drug-likeness (QED) is 0.187. The standard InChI is InChI=1S/C6H8N2O3/c1-3-11-6(10)5(8-7)4(2)9/h3H2,1-2H3. The maximum Gasteiger partial charge on any atom is 0.441 e. The lowest BCUT2D eigenvalue weighted by molar-refractivity contribution is -0.141. The molecule has 0 aliphatic carbocycles. The average Bonchev–Trinajstić information content (AvgIpc) is 1.88. The van der Waals surface area contributed by atoms with Crippen molar-refractivity contribution in [2.45, 2.75) is 13.8 Å². The summed E-state index contributed by atoms with van der Waals surface area (Å²) in [6, 6.07) is 0. The molecule has 0 saturated carbocycles. The van der Waals surface area contributed by atoms with E-state index in [2.05, 4.69) is 9.53 Å². The van der Waals surface area contributed by atoms with E-state index in [-0.39, 0.29) is 6.61 Å². The molecule has 0 amide bonds. The summed E-state index contributed by atoms with van der Waals surface area (Å²) < 4.78 is 4.41. The summed E-state index contributed by atoms with van der Waals surface area (Å²) in [5, 5.41) is 0. The van der Waals surface area contributed by atoms with Crippen LogP contribution in [0.3, 0.4) is 0 Å². The molecule has 0 radical (unpaired) electrons. The van der Waals surface area contributed by atoms with Crippen molar-refractivity contribution in [3.05, 3.63) is 5.53 Å². The van der Waals surface area contributed by atoms with E-state index in [9.17, 15) is 9.59 Å². The molecule has 0 atom stereocenters. The Hall–Kier alpha value is -1.48. The summed E-state index contributed by atoms with van der Waals surface area (Å²) >= 11 is 0. The maximum atomic E-state index is 10.7. The molecule has 0 aromatic rings. The van der Waals surface area contributed by atoms with E-state index in [0.717, 1.165) is 6.92 Å². The molecule has 0 saturated heterocycles. The van der Waals surface area contributed by atoms with E-state index in [1.807, 2.05) is 0 Å². The second kappa shape index (κ2) is 4.35. The van der Waals surface area contributed by atoms with Crippen LogP contribution in [0.2, 0.25) is 0 Å². The molecule has 0 unspecified atom stereocenters. The number of carbonyl (C=O) groups excluding carboxylic acids is 2. The molecule has 0 fully saturated rings. The third-order valence-corrected chi connectivity index (χ3v) is 0.902. The molecule has 0 aromatic carbocycles. The summed E-state index contributed by atoms with van der Waals surface area (Å²) in [4.78, 5) is 23.7. The molecule has 0 rings (SSSR count). The second-order valence-corrected chi connectivity index (χ2v) is 1.73. The number of Topliss-reactive ketones (excluding diaryl/α,β-unsaturated/α-hetero) is 1. The number of hydrogen-bond donors (Lipinski definition) is 0. The lowest BCUT2D eigenvalue weighted by Crippen LogP contribution is -2.25. The predicted octanol–water partition coefficient (Wildman–Crippen LogP) is -0.191. The van der Waals surface area contributed by atoms with Crippen molar-refractivity contribution in [3.63, 3.8) is 0 Å². The van der Waals surface area contributed by atoms with Crippen LogP contribution in [0.1, 0.15) is 13.8 Å². The van der Waals surface area contributed by atoms with Gasteiger partial charge in [0.1, 0.15) is 0 Å². The molecule has 11 heavy (non-hydrogen) atoms. The first-order chi connectivity index (χ1) is 5.13. The zero-order valence-corrected chi connectivity index (χ0v) is 6.33. The number of ether oxygens (including phenoxy) is 1. The van der Waals surface area contributed by atoms with Gasteiger partial charge in [-0.1, -0.05) is 0 Å². The normalized spacial score (nSPS) is 8.18. The fourth-order valence-corrected chi connectivity index (χ4v) is 0.454. The molecular weight excluding hydrogens is 148 g/mol. The maximum absolute atomic E-state index is 10.7. The molecule has 5 heteroatoms. The van der Waals surface area contributed by atoms with E-state index < -0.39 is 17.5 Å². The minimum Gasteiger partial charge on any atom is -0.457 e. The Bertz CT molecular complexity index is 228. The van der Waals surface area contributed by atoms with Gasteiger partial charge in [-0.05, 0) is 6.92 Å². The van der Waals surface area contributed by atoms with Crippen LogP contribution < -0.4 is 0 Å². The highest BCUT2D eigenvalue weighted by atomic mass is 16.5. The molecule has 0 heterocycles.